The van der Waals surface area contributed by atoms with Gasteiger partial charge < -0.3 is 10.6 Å². The SMILES string of the molecule is CCNc1ccc(C(=O)NCCN2CCSCC2)nn1. The summed E-state index contributed by atoms with van der Waals surface area (Å²) >= 11 is 1.99. The Hall–Kier alpha value is -1.34. The molecule has 2 rings (SSSR count). The van der Waals surface area contributed by atoms with Gasteiger partial charge in [0.05, 0.1) is 0 Å². The van der Waals surface area contributed by atoms with Crippen molar-refractivity contribution < 1.29 is 4.79 Å². The molecule has 0 radical (unpaired) electrons. The van der Waals surface area contributed by atoms with Gasteiger partial charge in [-0.1, -0.05) is 0 Å². The molecule has 1 aromatic rings. The zero-order valence-corrected chi connectivity index (χ0v) is 12.6. The number of anilines is 1. The Kier molecular flexibility index (Phi) is 6.07. The molecule has 20 heavy (non-hydrogen) atoms. The standard InChI is InChI=1S/C13H21N5OS/c1-2-14-12-4-3-11(16-17-12)13(19)15-5-6-18-7-9-20-10-8-18/h3-4H,2,5-10H2,1H3,(H,14,17)(H,15,19). The van der Waals surface area contributed by atoms with Crippen molar-refractivity contribution >= 4 is 23.5 Å². The van der Waals surface area contributed by atoms with E-state index in [2.05, 4.69) is 25.7 Å². The highest BCUT2D eigenvalue weighted by molar-refractivity contribution is 7.99. The largest absolute Gasteiger partial charge is 0.369 e. The van der Waals surface area contributed by atoms with E-state index in [9.17, 15) is 4.79 Å². The second-order valence-corrected chi connectivity index (χ2v) is 5.77. The van der Waals surface area contributed by atoms with E-state index in [1.807, 2.05) is 18.7 Å². The van der Waals surface area contributed by atoms with Crippen LogP contribution in [0.5, 0.6) is 0 Å². The number of thioether (sulfide) groups is 1. The lowest BCUT2D eigenvalue weighted by Gasteiger charge is -2.25. The number of hydrogen-bond donors (Lipinski definition) is 2. The summed E-state index contributed by atoms with van der Waals surface area (Å²) in [5, 5.41) is 13.8. The average molecular weight is 295 g/mol. The molecule has 0 aliphatic carbocycles. The summed E-state index contributed by atoms with van der Waals surface area (Å²) in [6, 6.07) is 3.46. The number of rotatable bonds is 6. The maximum atomic E-state index is 11.9. The van der Waals surface area contributed by atoms with Gasteiger partial charge >= 0.3 is 0 Å². The molecule has 0 unspecified atom stereocenters. The number of hydrogen-bond acceptors (Lipinski definition) is 6. The topological polar surface area (TPSA) is 70.2 Å². The molecular formula is C13H21N5OS. The van der Waals surface area contributed by atoms with E-state index >= 15 is 0 Å². The predicted molar refractivity (Wildman–Crippen MR) is 82.3 cm³/mol. The second kappa shape index (κ2) is 8.06. The third kappa shape index (κ3) is 4.64. The molecule has 0 aromatic carbocycles. The van der Waals surface area contributed by atoms with Gasteiger partial charge in [0.1, 0.15) is 5.82 Å². The van der Waals surface area contributed by atoms with E-state index in [4.69, 9.17) is 0 Å². The number of nitrogens with one attached hydrogen (secondary N) is 2. The molecule has 6 nitrogen and oxygen atoms in total. The Morgan fingerprint density at radius 3 is 2.80 bits per heavy atom. The van der Waals surface area contributed by atoms with Crippen LogP contribution >= 0.6 is 11.8 Å². The summed E-state index contributed by atoms with van der Waals surface area (Å²) in [6.45, 7) is 6.54. The van der Waals surface area contributed by atoms with Crippen LogP contribution in [-0.2, 0) is 0 Å². The number of amides is 1. The lowest BCUT2D eigenvalue weighted by Crippen LogP contribution is -2.39. The van der Waals surface area contributed by atoms with Gasteiger partial charge in [-0.05, 0) is 19.1 Å². The van der Waals surface area contributed by atoms with E-state index in [1.54, 1.807) is 12.1 Å². The Bertz CT molecular complexity index is 419. The van der Waals surface area contributed by atoms with E-state index < -0.39 is 0 Å². The van der Waals surface area contributed by atoms with Crippen LogP contribution in [0.25, 0.3) is 0 Å². The van der Waals surface area contributed by atoms with Crippen LogP contribution in [0.4, 0.5) is 5.82 Å². The van der Waals surface area contributed by atoms with Crippen molar-refractivity contribution in [3.05, 3.63) is 17.8 Å². The van der Waals surface area contributed by atoms with Crippen molar-refractivity contribution in [3.8, 4) is 0 Å². The van der Waals surface area contributed by atoms with Crippen LogP contribution in [-0.4, -0.2) is 65.2 Å². The molecule has 1 aliphatic heterocycles. The third-order valence-corrected chi connectivity index (χ3v) is 4.01. The Labute approximate surface area is 123 Å². The van der Waals surface area contributed by atoms with Crippen LogP contribution in [0.3, 0.4) is 0 Å². The first kappa shape index (κ1) is 15.1. The Balaban J connectivity index is 1.73. The Morgan fingerprint density at radius 2 is 2.15 bits per heavy atom. The first-order valence-electron chi connectivity index (χ1n) is 6.95. The van der Waals surface area contributed by atoms with Crippen molar-refractivity contribution in [2.45, 2.75) is 6.92 Å². The van der Waals surface area contributed by atoms with Crippen LogP contribution in [0.1, 0.15) is 17.4 Å². The molecule has 1 amide bonds. The summed E-state index contributed by atoms with van der Waals surface area (Å²) < 4.78 is 0. The van der Waals surface area contributed by atoms with Crippen LogP contribution < -0.4 is 10.6 Å². The molecule has 2 heterocycles. The first-order chi connectivity index (χ1) is 9.79. The zero-order chi connectivity index (χ0) is 14.2. The quantitative estimate of drug-likeness (QED) is 0.804. The van der Waals surface area contributed by atoms with Gasteiger partial charge in [-0.15, -0.1) is 10.2 Å². The zero-order valence-electron chi connectivity index (χ0n) is 11.8. The molecule has 2 N–H and O–H groups in total. The third-order valence-electron chi connectivity index (χ3n) is 3.07. The summed E-state index contributed by atoms with van der Waals surface area (Å²) in [5.41, 5.74) is 0.362. The van der Waals surface area contributed by atoms with Gasteiger partial charge in [-0.25, -0.2) is 0 Å². The van der Waals surface area contributed by atoms with Crippen molar-refractivity contribution in [3.63, 3.8) is 0 Å². The number of carbonyl (C=O) groups is 1. The number of carbonyl (C=O) groups excluding carboxylic acids is 1. The maximum Gasteiger partial charge on any atom is 0.271 e. The van der Waals surface area contributed by atoms with Crippen molar-refractivity contribution in [1.29, 1.82) is 0 Å². The fourth-order valence-corrected chi connectivity index (χ4v) is 2.95. The fraction of sp³-hybridized carbons (Fsp3) is 0.615. The molecule has 1 fully saturated rings. The van der Waals surface area contributed by atoms with Gasteiger partial charge in [0.15, 0.2) is 5.69 Å². The van der Waals surface area contributed by atoms with E-state index in [1.165, 1.54) is 11.5 Å². The fourth-order valence-electron chi connectivity index (χ4n) is 1.97. The molecule has 0 spiro atoms. The summed E-state index contributed by atoms with van der Waals surface area (Å²) in [6.07, 6.45) is 0. The molecule has 110 valence electrons. The van der Waals surface area contributed by atoms with Crippen LogP contribution in [0, 0.1) is 0 Å². The van der Waals surface area contributed by atoms with Gasteiger partial charge in [-0.2, -0.15) is 11.8 Å². The maximum absolute atomic E-state index is 11.9. The highest BCUT2D eigenvalue weighted by atomic mass is 32.2. The molecule has 0 saturated carbocycles. The average Bonchev–Trinajstić information content (AvgIpc) is 2.49. The van der Waals surface area contributed by atoms with Gasteiger partial charge in [0.25, 0.3) is 5.91 Å². The van der Waals surface area contributed by atoms with Crippen molar-refractivity contribution in [2.75, 3.05) is 49.5 Å². The van der Waals surface area contributed by atoms with E-state index in [-0.39, 0.29) is 5.91 Å². The van der Waals surface area contributed by atoms with Gasteiger partial charge in [-0.3, -0.25) is 9.69 Å². The van der Waals surface area contributed by atoms with Crippen LogP contribution in [0.2, 0.25) is 0 Å². The highest BCUT2D eigenvalue weighted by Gasteiger charge is 2.11. The van der Waals surface area contributed by atoms with Gasteiger partial charge in [0, 0.05) is 44.2 Å². The number of nitrogens with zero attached hydrogens (tertiary/aromatic N) is 3. The minimum absolute atomic E-state index is 0.160. The summed E-state index contributed by atoms with van der Waals surface area (Å²) in [4.78, 5) is 14.3. The van der Waals surface area contributed by atoms with Crippen LogP contribution in [0.15, 0.2) is 12.1 Å². The smallest absolute Gasteiger partial charge is 0.271 e. The summed E-state index contributed by atoms with van der Waals surface area (Å²) in [7, 11) is 0. The second-order valence-electron chi connectivity index (χ2n) is 4.54. The molecule has 0 atom stereocenters. The van der Waals surface area contributed by atoms with E-state index in [0.29, 0.717) is 18.1 Å². The molecule has 1 aliphatic rings. The molecule has 0 bridgehead atoms. The highest BCUT2D eigenvalue weighted by Crippen LogP contribution is 2.08. The monoisotopic (exact) mass is 295 g/mol. The molecule has 1 saturated heterocycles. The minimum Gasteiger partial charge on any atom is -0.369 e. The molecule has 7 heteroatoms. The lowest BCUT2D eigenvalue weighted by atomic mass is 10.3. The minimum atomic E-state index is -0.160. The lowest BCUT2D eigenvalue weighted by molar-refractivity contribution is 0.0943. The number of aromatic nitrogens is 2. The predicted octanol–water partition coefficient (Wildman–Crippen LogP) is 0.687. The normalized spacial score (nSPS) is 15.8. The van der Waals surface area contributed by atoms with E-state index in [0.717, 1.165) is 26.2 Å². The molecular weight excluding hydrogens is 274 g/mol. The first-order valence-corrected chi connectivity index (χ1v) is 8.11. The summed E-state index contributed by atoms with van der Waals surface area (Å²) in [5.74, 6) is 2.90. The van der Waals surface area contributed by atoms with Crippen molar-refractivity contribution in [2.24, 2.45) is 0 Å². The van der Waals surface area contributed by atoms with Crippen molar-refractivity contribution in [1.82, 2.24) is 20.4 Å². The molecule has 1 aromatic heterocycles. The van der Waals surface area contributed by atoms with Gasteiger partial charge in [0.2, 0.25) is 0 Å². The Morgan fingerprint density at radius 1 is 1.35 bits per heavy atom.